The monoisotopic (exact) mass is 251 g/mol. The maximum absolute atomic E-state index is 9.24. The Morgan fingerprint density at radius 1 is 1.75 bits per heavy atom. The van der Waals surface area contributed by atoms with Crippen molar-refractivity contribution < 1.29 is 25.8 Å². The molecule has 0 spiro atoms. The Morgan fingerprint density at radius 3 is 1.88 bits per heavy atom. The molecular weight excluding hydrogens is 247 g/mol. The second-order valence-corrected chi connectivity index (χ2v) is 3.00. The van der Waals surface area contributed by atoms with E-state index in [1.54, 1.807) is 0 Å². The van der Waals surface area contributed by atoms with E-state index >= 15 is 0 Å². The van der Waals surface area contributed by atoms with Gasteiger partial charge in [-0.2, -0.15) is 0 Å². The Morgan fingerprint density at radius 2 is 1.88 bits per heavy atom. The van der Waals surface area contributed by atoms with Gasteiger partial charge >= 0.3 is 41.0 Å². The Bertz CT molecular complexity index is 62.0. The van der Waals surface area contributed by atoms with Crippen molar-refractivity contribution in [2.24, 2.45) is 5.73 Å². The van der Waals surface area contributed by atoms with Crippen molar-refractivity contribution in [3.63, 3.8) is 0 Å². The number of aliphatic carboxylic acids is 1. The van der Waals surface area contributed by atoms with Crippen LogP contribution in [0.15, 0.2) is 0 Å². The summed E-state index contributed by atoms with van der Waals surface area (Å²) < 4.78 is 0. The average Bonchev–Trinajstić information content (AvgIpc) is 1.69. The van der Waals surface area contributed by atoms with Gasteiger partial charge in [0.15, 0.2) is 0 Å². The quantitative estimate of drug-likeness (QED) is 0.664. The van der Waals surface area contributed by atoms with Crippen LogP contribution in [0.3, 0.4) is 0 Å². The van der Waals surface area contributed by atoms with E-state index in [2.05, 4.69) is 5.73 Å². The molecule has 54 valence electrons. The topological polar surface area (TPSA) is 63.3 Å². The molecule has 0 rings (SSSR count). The van der Waals surface area contributed by atoms with Crippen LogP contribution in [0.2, 0.25) is 0 Å². The van der Waals surface area contributed by atoms with Gasteiger partial charge in [0.25, 0.3) is 0 Å². The number of carboxylic acids is 1. The van der Waals surface area contributed by atoms with Crippen LogP contribution in [0.25, 0.3) is 0 Å². The van der Waals surface area contributed by atoms with E-state index in [1.165, 1.54) is 0 Å². The third-order valence-corrected chi connectivity index (χ3v) is 0.175. The molecule has 0 aromatic heterocycles. The normalized spacial score (nSPS) is 7.38. The van der Waals surface area contributed by atoms with Gasteiger partial charge in [-0.05, 0) is 0 Å². The summed E-state index contributed by atoms with van der Waals surface area (Å²) in [5, 5.41) is 7.60. The number of carbonyl (C=O) groups is 1. The number of halogens is 2. The van der Waals surface area contributed by atoms with E-state index < -0.39 is 5.97 Å². The van der Waals surface area contributed by atoms with E-state index in [1.807, 2.05) is 0 Å². The zero-order valence-corrected chi connectivity index (χ0v) is 6.78. The molecule has 0 bridgehead atoms. The fourth-order valence-electron chi connectivity index (χ4n) is 0. The fraction of sp³-hybridized carbons (Fsp3) is 0.500. The zero-order chi connectivity index (χ0) is 6.99. The molecule has 8 heavy (non-hydrogen) atoms. The standard InChI is InChI=1S/C2H5NO2.2ClH.Pd/c3-1-2(4)5;;;/h1,3H2,(H,4,5);2*1H;/q;;;+2/p-2. The van der Waals surface area contributed by atoms with Gasteiger partial charge in [0.05, 0.1) is 6.54 Å². The summed E-state index contributed by atoms with van der Waals surface area (Å²) >= 11 is -0.106. The van der Waals surface area contributed by atoms with Crippen molar-refractivity contribution in [2.75, 3.05) is 6.54 Å². The first-order valence-electron chi connectivity index (χ1n) is 1.43. The summed E-state index contributed by atoms with van der Waals surface area (Å²) in [6.45, 7) is -0.278. The van der Waals surface area contributed by atoms with E-state index in [4.69, 9.17) is 24.2 Å². The molecule has 0 aromatic rings. The van der Waals surface area contributed by atoms with E-state index in [9.17, 15) is 4.79 Å². The van der Waals surface area contributed by atoms with Crippen LogP contribution < -0.4 is 5.73 Å². The van der Waals surface area contributed by atoms with Crippen LogP contribution in [0, 0.1) is 0 Å². The van der Waals surface area contributed by atoms with Crippen LogP contribution in [0.4, 0.5) is 0 Å². The van der Waals surface area contributed by atoms with Gasteiger partial charge in [-0.3, -0.25) is 4.79 Å². The minimum atomic E-state index is -0.968. The van der Waals surface area contributed by atoms with Crippen molar-refractivity contribution in [1.82, 2.24) is 0 Å². The number of rotatable bonds is 1. The molecule has 0 unspecified atom stereocenters. The van der Waals surface area contributed by atoms with Gasteiger partial charge in [-0.15, -0.1) is 0 Å². The first-order chi connectivity index (χ1) is 3.68. The number of carboxylic acid groups (broad SMARTS) is 1. The van der Waals surface area contributed by atoms with E-state index in [-0.39, 0.29) is 22.5 Å². The molecule has 0 amide bonds. The Balaban J connectivity index is 0. The van der Waals surface area contributed by atoms with Crippen molar-refractivity contribution in [3.05, 3.63) is 0 Å². The first kappa shape index (κ1) is 11.5. The fourth-order valence-corrected chi connectivity index (χ4v) is 0. The van der Waals surface area contributed by atoms with Gasteiger partial charge in [0.2, 0.25) is 0 Å². The van der Waals surface area contributed by atoms with Gasteiger partial charge in [-0.25, -0.2) is 0 Å². The van der Waals surface area contributed by atoms with Crippen molar-refractivity contribution >= 4 is 25.0 Å². The van der Waals surface area contributed by atoms with Gasteiger partial charge in [-0.1, -0.05) is 0 Å². The van der Waals surface area contributed by atoms with Crippen LogP contribution in [0.5, 0.6) is 0 Å². The molecule has 0 aliphatic rings. The number of hydrogen-bond donors (Lipinski definition) is 2. The average molecular weight is 252 g/mol. The summed E-state index contributed by atoms with van der Waals surface area (Å²) in [6.07, 6.45) is 0. The predicted octanol–water partition coefficient (Wildman–Crippen LogP) is 0.406. The van der Waals surface area contributed by atoms with Gasteiger partial charge in [0, 0.05) is 0 Å². The molecule has 0 atom stereocenters. The molecule has 3 N–H and O–H groups in total. The molecule has 0 aliphatic heterocycles. The second-order valence-electron chi connectivity index (χ2n) is 0.643. The zero-order valence-electron chi connectivity index (χ0n) is 3.71. The summed E-state index contributed by atoms with van der Waals surface area (Å²) in [6, 6.07) is 0. The summed E-state index contributed by atoms with van der Waals surface area (Å²) in [7, 11) is 9.63. The SMILES string of the molecule is NCC(=O)O.[Cl][Pd][Cl]. The summed E-state index contributed by atoms with van der Waals surface area (Å²) in [4.78, 5) is 9.24. The molecule has 6 heteroatoms. The molecule has 0 saturated carbocycles. The summed E-state index contributed by atoms with van der Waals surface area (Å²) in [5.74, 6) is -0.968. The molecule has 3 nitrogen and oxygen atoms in total. The Labute approximate surface area is 63.2 Å². The maximum atomic E-state index is 9.24. The van der Waals surface area contributed by atoms with Crippen LogP contribution in [-0.4, -0.2) is 17.6 Å². The Kier molecular flexibility index (Phi) is 15.2. The molecule has 0 saturated heterocycles. The second kappa shape index (κ2) is 10.6. The molecule has 0 heterocycles. The van der Waals surface area contributed by atoms with Gasteiger partial charge < -0.3 is 10.8 Å². The van der Waals surface area contributed by atoms with E-state index in [0.29, 0.717) is 0 Å². The third kappa shape index (κ3) is 30.1. The molecule has 0 aliphatic carbocycles. The molecule has 0 aromatic carbocycles. The predicted molar refractivity (Wildman–Crippen MR) is 28.4 cm³/mol. The van der Waals surface area contributed by atoms with Crippen molar-refractivity contribution in [2.45, 2.75) is 0 Å². The van der Waals surface area contributed by atoms with Crippen LogP contribution in [0.1, 0.15) is 0 Å². The van der Waals surface area contributed by atoms with E-state index in [0.717, 1.165) is 0 Å². The molecule has 0 radical (unpaired) electrons. The first-order valence-corrected chi connectivity index (χ1v) is 5.43. The number of hydrogen-bond acceptors (Lipinski definition) is 2. The Hall–Kier alpha value is 0.672. The number of nitrogens with two attached hydrogens (primary N) is 1. The van der Waals surface area contributed by atoms with Gasteiger partial charge in [0.1, 0.15) is 0 Å². The van der Waals surface area contributed by atoms with Crippen LogP contribution in [-0.2, 0) is 20.7 Å². The minimum absolute atomic E-state index is 0.106. The summed E-state index contributed by atoms with van der Waals surface area (Å²) in [5.41, 5.74) is 4.57. The molecule has 0 fully saturated rings. The van der Waals surface area contributed by atoms with Crippen molar-refractivity contribution in [1.29, 1.82) is 0 Å². The third-order valence-electron chi connectivity index (χ3n) is 0.175. The van der Waals surface area contributed by atoms with Crippen LogP contribution >= 0.6 is 19.1 Å². The molecular formula is C2H5Cl2NO2Pd. The van der Waals surface area contributed by atoms with Crippen molar-refractivity contribution in [3.8, 4) is 0 Å².